The monoisotopic (exact) mass is 272 g/mol. The molecule has 1 aromatic rings. The van der Waals surface area contributed by atoms with Gasteiger partial charge in [-0.1, -0.05) is 24.8 Å². The van der Waals surface area contributed by atoms with E-state index in [0.717, 1.165) is 24.8 Å². The number of carbonyl (C=O) groups excluding carboxylic acids is 1. The van der Waals surface area contributed by atoms with Gasteiger partial charge in [-0.15, -0.1) is 0 Å². The summed E-state index contributed by atoms with van der Waals surface area (Å²) in [6, 6.07) is 9.01. The minimum atomic E-state index is -0.846. The van der Waals surface area contributed by atoms with Gasteiger partial charge in [-0.2, -0.15) is 0 Å². The van der Waals surface area contributed by atoms with E-state index in [2.05, 4.69) is 6.58 Å². The molecule has 106 valence electrons. The molecule has 1 N–H and O–H groups in total. The third-order valence-electron chi connectivity index (χ3n) is 4.93. The summed E-state index contributed by atoms with van der Waals surface area (Å²) in [7, 11) is 0. The highest BCUT2D eigenvalue weighted by atomic mass is 16.5. The highest BCUT2D eigenvalue weighted by Crippen LogP contribution is 2.56. The van der Waals surface area contributed by atoms with Crippen molar-refractivity contribution < 1.29 is 14.6 Å². The number of hydrogen-bond donors (Lipinski definition) is 1. The van der Waals surface area contributed by atoms with E-state index in [-0.39, 0.29) is 23.9 Å². The topological polar surface area (TPSA) is 46.5 Å². The fourth-order valence-electron chi connectivity index (χ4n) is 3.91. The van der Waals surface area contributed by atoms with Crippen LogP contribution in [-0.4, -0.2) is 22.8 Å². The van der Waals surface area contributed by atoms with Crippen molar-refractivity contribution in [3.05, 3.63) is 48.0 Å². The fraction of sp³-hybridized carbons (Fsp3) is 0.471. The van der Waals surface area contributed by atoms with E-state index in [4.69, 9.17) is 4.74 Å². The Bertz CT molecular complexity index is 536. The van der Waals surface area contributed by atoms with Crippen LogP contribution in [0.25, 0.3) is 0 Å². The summed E-state index contributed by atoms with van der Waals surface area (Å²) < 4.78 is 5.64. The smallest absolute Gasteiger partial charge is 0.338 e. The molecule has 2 aliphatic carbocycles. The molecule has 1 aromatic carbocycles. The summed E-state index contributed by atoms with van der Waals surface area (Å²) in [5.74, 6) is -0.122. The minimum Gasteiger partial charge on any atom is -0.458 e. The van der Waals surface area contributed by atoms with Crippen molar-refractivity contribution in [3.63, 3.8) is 0 Å². The quantitative estimate of drug-likeness (QED) is 0.679. The van der Waals surface area contributed by atoms with Crippen molar-refractivity contribution in [2.24, 2.45) is 11.8 Å². The number of ether oxygens (including phenoxy) is 1. The van der Waals surface area contributed by atoms with E-state index in [9.17, 15) is 9.90 Å². The van der Waals surface area contributed by atoms with Crippen LogP contribution < -0.4 is 0 Å². The molecule has 0 aromatic heterocycles. The van der Waals surface area contributed by atoms with Crippen LogP contribution in [0, 0.1) is 11.8 Å². The summed E-state index contributed by atoms with van der Waals surface area (Å²) in [6.45, 7) is 5.80. The van der Waals surface area contributed by atoms with E-state index in [1.165, 1.54) is 0 Å². The lowest BCUT2D eigenvalue weighted by atomic mass is 9.85. The van der Waals surface area contributed by atoms with Crippen molar-refractivity contribution >= 4 is 5.97 Å². The van der Waals surface area contributed by atoms with Gasteiger partial charge in [0.05, 0.1) is 11.2 Å². The van der Waals surface area contributed by atoms with E-state index in [0.29, 0.717) is 5.56 Å². The normalized spacial score (nSPS) is 35.0. The van der Waals surface area contributed by atoms with E-state index < -0.39 is 5.60 Å². The molecular formula is C17H20O3. The van der Waals surface area contributed by atoms with Gasteiger partial charge in [0.25, 0.3) is 0 Å². The van der Waals surface area contributed by atoms with Gasteiger partial charge in [0.15, 0.2) is 0 Å². The Hall–Kier alpha value is -1.61. The Kier molecular flexibility index (Phi) is 3.17. The second-order valence-electron chi connectivity index (χ2n) is 6.03. The second-order valence-corrected chi connectivity index (χ2v) is 6.03. The molecule has 2 saturated carbocycles. The molecule has 2 aliphatic rings. The van der Waals surface area contributed by atoms with Gasteiger partial charge in [0.2, 0.25) is 0 Å². The molecule has 3 heteroatoms. The summed E-state index contributed by atoms with van der Waals surface area (Å²) in [5, 5.41) is 10.8. The molecule has 1 unspecified atom stereocenters. The Labute approximate surface area is 119 Å². The van der Waals surface area contributed by atoms with Crippen molar-refractivity contribution in [1.82, 2.24) is 0 Å². The number of benzene rings is 1. The maximum atomic E-state index is 12.1. The molecular weight excluding hydrogens is 252 g/mol. The Morgan fingerprint density at radius 2 is 2.05 bits per heavy atom. The molecule has 0 radical (unpaired) electrons. The summed E-state index contributed by atoms with van der Waals surface area (Å²) in [6.07, 6.45) is 2.45. The molecule has 20 heavy (non-hydrogen) atoms. The maximum absolute atomic E-state index is 12.1. The number of rotatable bonds is 3. The SMILES string of the molecule is C=C(C)C1(O)[C@@H]2CC[C@H]1[C@@H](OC(=O)c1ccccc1)C2. The predicted octanol–water partition coefficient (Wildman–Crippen LogP) is 2.95. The van der Waals surface area contributed by atoms with Crippen molar-refractivity contribution in [3.8, 4) is 0 Å². The van der Waals surface area contributed by atoms with E-state index in [1.54, 1.807) is 12.1 Å². The van der Waals surface area contributed by atoms with Gasteiger partial charge in [0, 0.05) is 5.92 Å². The summed E-state index contributed by atoms with van der Waals surface area (Å²) >= 11 is 0. The first-order valence-electron chi connectivity index (χ1n) is 7.18. The summed E-state index contributed by atoms with van der Waals surface area (Å²) in [5.41, 5.74) is 0.513. The van der Waals surface area contributed by atoms with Crippen LogP contribution in [-0.2, 0) is 4.74 Å². The Morgan fingerprint density at radius 3 is 2.65 bits per heavy atom. The fourth-order valence-corrected chi connectivity index (χ4v) is 3.91. The first-order chi connectivity index (χ1) is 9.53. The molecule has 0 spiro atoms. The van der Waals surface area contributed by atoms with Gasteiger partial charge >= 0.3 is 5.97 Å². The highest BCUT2D eigenvalue weighted by molar-refractivity contribution is 5.89. The molecule has 0 heterocycles. The standard InChI is InChI=1S/C17H20O3/c1-11(2)17(19)13-8-9-14(17)15(10-13)20-16(18)12-6-4-3-5-7-12/h3-7,13-15,19H,1,8-10H2,2H3/t13-,14+,15+,17?/m1/s1. The van der Waals surface area contributed by atoms with Crippen molar-refractivity contribution in [2.45, 2.75) is 37.9 Å². The number of hydrogen-bond acceptors (Lipinski definition) is 3. The van der Waals surface area contributed by atoms with Crippen LogP contribution in [0.3, 0.4) is 0 Å². The van der Waals surface area contributed by atoms with Gasteiger partial charge in [-0.3, -0.25) is 0 Å². The van der Waals surface area contributed by atoms with Crippen molar-refractivity contribution in [2.75, 3.05) is 0 Å². The molecule has 0 aliphatic heterocycles. The van der Waals surface area contributed by atoms with Crippen LogP contribution in [0.15, 0.2) is 42.5 Å². The van der Waals surface area contributed by atoms with Crippen molar-refractivity contribution in [1.29, 1.82) is 0 Å². The molecule has 0 amide bonds. The average Bonchev–Trinajstić information content (AvgIpc) is 2.91. The van der Waals surface area contributed by atoms with Crippen LogP contribution in [0.2, 0.25) is 0 Å². The third-order valence-corrected chi connectivity index (χ3v) is 4.93. The lowest BCUT2D eigenvalue weighted by Gasteiger charge is -2.29. The number of aliphatic hydroxyl groups is 1. The van der Waals surface area contributed by atoms with Gasteiger partial charge in [-0.25, -0.2) is 4.79 Å². The average molecular weight is 272 g/mol. The molecule has 2 fully saturated rings. The molecule has 3 rings (SSSR count). The molecule has 4 atom stereocenters. The maximum Gasteiger partial charge on any atom is 0.338 e. The van der Waals surface area contributed by atoms with Gasteiger partial charge < -0.3 is 9.84 Å². The van der Waals surface area contributed by atoms with Gasteiger partial charge in [-0.05, 0) is 49.8 Å². The zero-order valence-electron chi connectivity index (χ0n) is 11.7. The number of fused-ring (bicyclic) bond motifs is 2. The minimum absolute atomic E-state index is 0.00216. The number of esters is 1. The Balaban J connectivity index is 1.75. The predicted molar refractivity (Wildman–Crippen MR) is 76.2 cm³/mol. The molecule has 3 nitrogen and oxygen atoms in total. The zero-order chi connectivity index (χ0) is 14.3. The third kappa shape index (κ3) is 1.88. The van der Waals surface area contributed by atoms with Crippen LogP contribution >= 0.6 is 0 Å². The Morgan fingerprint density at radius 1 is 1.35 bits per heavy atom. The zero-order valence-corrected chi connectivity index (χ0v) is 11.7. The first kappa shape index (κ1) is 13.4. The lowest BCUT2D eigenvalue weighted by Crippen LogP contribution is -2.38. The number of carbonyl (C=O) groups is 1. The first-order valence-corrected chi connectivity index (χ1v) is 7.18. The largest absolute Gasteiger partial charge is 0.458 e. The van der Waals surface area contributed by atoms with Gasteiger partial charge in [0.1, 0.15) is 6.10 Å². The van der Waals surface area contributed by atoms with E-state index in [1.807, 2.05) is 25.1 Å². The lowest BCUT2D eigenvalue weighted by molar-refractivity contribution is -0.0110. The van der Waals surface area contributed by atoms with E-state index >= 15 is 0 Å². The summed E-state index contributed by atoms with van der Waals surface area (Å²) in [4.78, 5) is 12.1. The van der Waals surface area contributed by atoms with Crippen LogP contribution in [0.4, 0.5) is 0 Å². The van der Waals surface area contributed by atoms with Crippen LogP contribution in [0.1, 0.15) is 36.5 Å². The van der Waals surface area contributed by atoms with Crippen LogP contribution in [0.5, 0.6) is 0 Å². The highest BCUT2D eigenvalue weighted by Gasteiger charge is 2.59. The molecule has 0 saturated heterocycles. The molecule has 2 bridgehead atoms. The second kappa shape index (κ2) is 4.74.